The largest absolute Gasteiger partial charge is 0.480 e. The van der Waals surface area contributed by atoms with Gasteiger partial charge in [-0.1, -0.05) is 0 Å². The number of rotatable bonds is 1. The number of likely N-dealkylation sites (tertiary alicyclic amines) is 1. The number of hydrogen-bond acceptors (Lipinski definition) is 3. The third-order valence-corrected chi connectivity index (χ3v) is 2.98. The van der Waals surface area contributed by atoms with Gasteiger partial charge in [-0.25, -0.2) is 9.59 Å². The van der Waals surface area contributed by atoms with Crippen molar-refractivity contribution in [1.29, 1.82) is 0 Å². The van der Waals surface area contributed by atoms with Crippen LogP contribution in [0.1, 0.15) is 33.6 Å². The van der Waals surface area contributed by atoms with Crippen LogP contribution in [-0.4, -0.2) is 46.4 Å². The first-order valence-corrected chi connectivity index (χ1v) is 6.21. The van der Waals surface area contributed by atoms with E-state index in [2.05, 4.69) is 0 Å². The maximum Gasteiger partial charge on any atom is 0.411 e. The van der Waals surface area contributed by atoms with Gasteiger partial charge in [0.25, 0.3) is 0 Å². The highest BCUT2D eigenvalue weighted by Gasteiger charge is 2.48. The Labute approximate surface area is 114 Å². The summed E-state index contributed by atoms with van der Waals surface area (Å²) in [7, 11) is 0. The molecular formula is C12H18F3NO4. The van der Waals surface area contributed by atoms with E-state index in [0.717, 1.165) is 4.90 Å². The zero-order valence-corrected chi connectivity index (χ0v) is 11.5. The second-order valence-electron chi connectivity index (χ2n) is 5.79. The Morgan fingerprint density at radius 1 is 1.25 bits per heavy atom. The van der Waals surface area contributed by atoms with Gasteiger partial charge in [0.15, 0.2) is 0 Å². The summed E-state index contributed by atoms with van der Waals surface area (Å²) in [5.41, 5.74) is -0.832. The number of piperidine rings is 1. The van der Waals surface area contributed by atoms with Crippen molar-refractivity contribution >= 4 is 12.1 Å². The number of hydrogen-bond donors (Lipinski definition) is 1. The van der Waals surface area contributed by atoms with Crippen LogP contribution in [-0.2, 0) is 9.53 Å². The lowest BCUT2D eigenvalue weighted by molar-refractivity contribution is -0.191. The number of aliphatic carboxylic acids is 1. The van der Waals surface area contributed by atoms with Gasteiger partial charge in [-0.15, -0.1) is 0 Å². The predicted octanol–water partition coefficient (Wildman–Crippen LogP) is 2.65. The second kappa shape index (κ2) is 5.49. The fourth-order valence-corrected chi connectivity index (χ4v) is 2.04. The van der Waals surface area contributed by atoms with E-state index >= 15 is 0 Å². The molecule has 0 aromatic carbocycles. The van der Waals surface area contributed by atoms with Crippen molar-refractivity contribution < 1.29 is 32.6 Å². The molecular weight excluding hydrogens is 279 g/mol. The fourth-order valence-electron chi connectivity index (χ4n) is 2.04. The minimum absolute atomic E-state index is 0.282. The Balaban J connectivity index is 2.83. The third-order valence-electron chi connectivity index (χ3n) is 2.98. The Kier molecular flexibility index (Phi) is 4.55. The molecule has 1 amide bonds. The molecule has 1 fully saturated rings. The summed E-state index contributed by atoms with van der Waals surface area (Å²) in [6.07, 6.45) is -6.30. The van der Waals surface area contributed by atoms with Crippen LogP contribution in [0.2, 0.25) is 0 Å². The molecule has 1 N–H and O–H groups in total. The van der Waals surface area contributed by atoms with Crippen LogP contribution in [0.3, 0.4) is 0 Å². The molecule has 1 aliphatic heterocycles. The first kappa shape index (κ1) is 16.6. The molecule has 1 heterocycles. The van der Waals surface area contributed by atoms with E-state index in [0.29, 0.717) is 0 Å². The Bertz CT molecular complexity index is 389. The van der Waals surface area contributed by atoms with Crippen LogP contribution in [0.4, 0.5) is 18.0 Å². The minimum Gasteiger partial charge on any atom is -0.480 e. The van der Waals surface area contributed by atoms with E-state index < -0.39 is 42.2 Å². The molecule has 0 aromatic heterocycles. The van der Waals surface area contributed by atoms with Gasteiger partial charge in [-0.05, 0) is 33.6 Å². The van der Waals surface area contributed by atoms with Crippen molar-refractivity contribution in [3.63, 3.8) is 0 Å². The second-order valence-corrected chi connectivity index (χ2v) is 5.79. The van der Waals surface area contributed by atoms with E-state index in [4.69, 9.17) is 9.84 Å². The van der Waals surface area contributed by atoms with Crippen LogP contribution in [0.15, 0.2) is 0 Å². The van der Waals surface area contributed by atoms with Crippen molar-refractivity contribution in [2.75, 3.05) is 6.54 Å². The van der Waals surface area contributed by atoms with Crippen LogP contribution < -0.4 is 0 Å². The fraction of sp³-hybridized carbons (Fsp3) is 0.833. The summed E-state index contributed by atoms with van der Waals surface area (Å²) in [4.78, 5) is 23.8. The molecule has 1 rings (SSSR count). The Morgan fingerprint density at radius 3 is 2.20 bits per heavy atom. The lowest BCUT2D eigenvalue weighted by Crippen LogP contribution is -2.53. The molecule has 20 heavy (non-hydrogen) atoms. The topological polar surface area (TPSA) is 66.8 Å². The molecule has 0 radical (unpaired) electrons. The first-order valence-electron chi connectivity index (χ1n) is 6.21. The Hall–Kier alpha value is -1.47. The summed E-state index contributed by atoms with van der Waals surface area (Å²) < 4.78 is 43.0. The predicted molar refractivity (Wildman–Crippen MR) is 63.1 cm³/mol. The van der Waals surface area contributed by atoms with Gasteiger partial charge in [-0.3, -0.25) is 4.90 Å². The molecule has 8 heteroatoms. The smallest absolute Gasteiger partial charge is 0.411 e. The van der Waals surface area contributed by atoms with Crippen molar-refractivity contribution in [1.82, 2.24) is 4.90 Å². The normalized spacial score (nSPS) is 24.4. The van der Waals surface area contributed by atoms with Crippen molar-refractivity contribution in [3.8, 4) is 0 Å². The molecule has 1 aliphatic rings. The molecule has 116 valence electrons. The average molecular weight is 297 g/mol. The van der Waals surface area contributed by atoms with Crippen LogP contribution in [0.5, 0.6) is 0 Å². The number of nitrogens with zero attached hydrogens (tertiary/aromatic N) is 1. The number of alkyl halides is 3. The van der Waals surface area contributed by atoms with E-state index in [1.165, 1.54) is 0 Å². The zero-order valence-electron chi connectivity index (χ0n) is 11.5. The van der Waals surface area contributed by atoms with Gasteiger partial charge in [0.2, 0.25) is 0 Å². The molecule has 0 unspecified atom stereocenters. The van der Waals surface area contributed by atoms with Crippen LogP contribution in [0.25, 0.3) is 0 Å². The highest BCUT2D eigenvalue weighted by atomic mass is 19.4. The molecule has 0 aliphatic carbocycles. The van der Waals surface area contributed by atoms with Crippen molar-refractivity contribution in [2.24, 2.45) is 5.92 Å². The zero-order chi connectivity index (χ0) is 15.7. The number of carbonyl (C=O) groups is 2. The number of carboxylic acids is 1. The van der Waals surface area contributed by atoms with Gasteiger partial charge in [0, 0.05) is 6.54 Å². The van der Waals surface area contributed by atoms with Gasteiger partial charge in [-0.2, -0.15) is 13.2 Å². The number of amides is 1. The van der Waals surface area contributed by atoms with Gasteiger partial charge in [0.05, 0.1) is 5.92 Å². The maximum absolute atomic E-state index is 12.6. The monoisotopic (exact) mass is 297 g/mol. The molecule has 0 saturated carbocycles. The number of carboxylic acid groups (broad SMARTS) is 1. The van der Waals surface area contributed by atoms with E-state index in [9.17, 15) is 22.8 Å². The van der Waals surface area contributed by atoms with Gasteiger partial charge < -0.3 is 9.84 Å². The third kappa shape index (κ3) is 4.28. The SMILES string of the molecule is CC(C)(C)OC(=O)N1CC[C@@H](C(F)(F)F)C[C@H]1C(=O)O. The minimum atomic E-state index is -4.45. The summed E-state index contributed by atoms with van der Waals surface area (Å²) >= 11 is 0. The van der Waals surface area contributed by atoms with Gasteiger partial charge >= 0.3 is 18.2 Å². The molecule has 0 spiro atoms. The molecule has 0 bridgehead atoms. The Morgan fingerprint density at radius 2 is 1.80 bits per heavy atom. The molecule has 2 atom stereocenters. The van der Waals surface area contributed by atoms with Crippen LogP contribution >= 0.6 is 0 Å². The van der Waals surface area contributed by atoms with E-state index in [1.807, 2.05) is 0 Å². The number of halogens is 3. The maximum atomic E-state index is 12.6. The summed E-state index contributed by atoms with van der Waals surface area (Å²) in [6, 6.07) is -1.51. The standard InChI is InChI=1S/C12H18F3NO4/c1-11(2,3)20-10(19)16-5-4-7(12(13,14)15)6-8(16)9(17)18/h7-8H,4-6H2,1-3H3,(H,17,18)/t7-,8+/m1/s1. The van der Waals surface area contributed by atoms with Gasteiger partial charge in [0.1, 0.15) is 11.6 Å². The highest BCUT2D eigenvalue weighted by Crippen LogP contribution is 2.37. The highest BCUT2D eigenvalue weighted by molar-refractivity contribution is 5.80. The van der Waals surface area contributed by atoms with Crippen molar-refractivity contribution in [2.45, 2.75) is 51.4 Å². The summed E-state index contributed by atoms with van der Waals surface area (Å²) in [5.74, 6) is -3.16. The lowest BCUT2D eigenvalue weighted by Gasteiger charge is -2.38. The molecule has 1 saturated heterocycles. The summed E-state index contributed by atoms with van der Waals surface area (Å²) in [6.45, 7) is 4.52. The average Bonchev–Trinajstić information content (AvgIpc) is 2.24. The van der Waals surface area contributed by atoms with Crippen LogP contribution in [0, 0.1) is 5.92 Å². The molecule has 5 nitrogen and oxygen atoms in total. The lowest BCUT2D eigenvalue weighted by atomic mass is 9.90. The van der Waals surface area contributed by atoms with E-state index in [1.54, 1.807) is 20.8 Å². The van der Waals surface area contributed by atoms with E-state index in [-0.39, 0.29) is 13.0 Å². The quantitative estimate of drug-likeness (QED) is 0.808. The number of carbonyl (C=O) groups excluding carboxylic acids is 1. The molecule has 0 aromatic rings. The first-order chi connectivity index (χ1) is 8.92. The summed E-state index contributed by atoms with van der Waals surface area (Å²) in [5, 5.41) is 9.02. The number of ether oxygens (including phenoxy) is 1. The van der Waals surface area contributed by atoms with Crippen molar-refractivity contribution in [3.05, 3.63) is 0 Å².